The molecule has 0 bridgehead atoms. The maximum Gasteiger partial charge on any atom is 0.0483 e. The molecule has 0 radical (unpaired) electrons. The molecule has 0 aliphatic heterocycles. The zero-order valence-corrected chi connectivity index (χ0v) is 11.7. The van der Waals surface area contributed by atoms with Gasteiger partial charge in [0.1, 0.15) is 0 Å². The summed E-state index contributed by atoms with van der Waals surface area (Å²) in [4.78, 5) is 10.3. The van der Waals surface area contributed by atoms with Crippen molar-refractivity contribution in [3.63, 3.8) is 0 Å². The van der Waals surface area contributed by atoms with E-state index < -0.39 is 5.97 Å². The lowest BCUT2D eigenvalue weighted by atomic mass is 10.2. The molecule has 0 atom stereocenters. The number of benzene rings is 1. The molecule has 1 aromatic heterocycles. The summed E-state index contributed by atoms with van der Waals surface area (Å²) >= 11 is 5.98. The number of hydrogen-bond donors (Lipinski definition) is 0. The molecule has 0 spiro atoms. The predicted molar refractivity (Wildman–Crippen MR) is 75.2 cm³/mol. The Kier molecular flexibility index (Phi) is 4.48. The van der Waals surface area contributed by atoms with Gasteiger partial charge in [0.25, 0.3) is 0 Å². The molecule has 1 aromatic carbocycles. The van der Waals surface area contributed by atoms with Crippen LogP contribution < -0.4 is 5.11 Å². The smallest absolute Gasteiger partial charge is 0.0483 e. The number of aromatic nitrogens is 1. The maximum atomic E-state index is 10.3. The van der Waals surface area contributed by atoms with Gasteiger partial charge < -0.3 is 14.5 Å². The number of hydrogen-bond acceptors (Lipinski definition) is 2. The molecule has 0 saturated heterocycles. The van der Waals surface area contributed by atoms with Crippen LogP contribution in [0.1, 0.15) is 31.4 Å². The second-order valence-electron chi connectivity index (χ2n) is 4.82. The van der Waals surface area contributed by atoms with Gasteiger partial charge in [0.2, 0.25) is 0 Å². The predicted octanol–water partition coefficient (Wildman–Crippen LogP) is 2.91. The van der Waals surface area contributed by atoms with Gasteiger partial charge in [-0.2, -0.15) is 0 Å². The second kappa shape index (κ2) is 6.11. The van der Waals surface area contributed by atoms with Crippen LogP contribution in [0.3, 0.4) is 0 Å². The minimum Gasteiger partial charge on any atom is -0.550 e. The van der Waals surface area contributed by atoms with Gasteiger partial charge in [-0.15, -0.1) is 0 Å². The molecule has 102 valence electrons. The fourth-order valence-corrected chi connectivity index (χ4v) is 2.57. The summed E-state index contributed by atoms with van der Waals surface area (Å²) in [5.41, 5.74) is 2.39. The Bertz CT molecular complexity index is 589. The lowest BCUT2D eigenvalue weighted by molar-refractivity contribution is -0.305. The van der Waals surface area contributed by atoms with Gasteiger partial charge in [0.05, 0.1) is 0 Å². The van der Waals surface area contributed by atoms with Crippen LogP contribution in [0.2, 0.25) is 5.02 Å². The van der Waals surface area contributed by atoms with Gasteiger partial charge >= 0.3 is 0 Å². The number of fused-ring (bicyclic) bond motifs is 1. The summed E-state index contributed by atoms with van der Waals surface area (Å²) < 4.78 is 2.25. The third kappa shape index (κ3) is 3.51. The highest BCUT2D eigenvalue weighted by atomic mass is 35.5. The SMILES string of the molecule is Cc1cc2cc(Cl)ccc2n1CCCCCC(=O)[O-]. The van der Waals surface area contributed by atoms with E-state index in [1.54, 1.807) is 0 Å². The highest BCUT2D eigenvalue weighted by molar-refractivity contribution is 6.31. The average Bonchev–Trinajstić information content (AvgIpc) is 2.64. The third-order valence-electron chi connectivity index (χ3n) is 3.33. The van der Waals surface area contributed by atoms with E-state index in [1.165, 1.54) is 11.2 Å². The summed E-state index contributed by atoms with van der Waals surface area (Å²) in [5, 5.41) is 12.2. The van der Waals surface area contributed by atoms with E-state index >= 15 is 0 Å². The summed E-state index contributed by atoms with van der Waals surface area (Å²) in [6, 6.07) is 8.03. The molecule has 0 aliphatic rings. The topological polar surface area (TPSA) is 45.1 Å². The molecule has 4 heteroatoms. The molecule has 0 fully saturated rings. The Morgan fingerprint density at radius 3 is 2.79 bits per heavy atom. The van der Waals surface area contributed by atoms with Crippen molar-refractivity contribution < 1.29 is 9.90 Å². The zero-order valence-electron chi connectivity index (χ0n) is 11.0. The van der Waals surface area contributed by atoms with Gasteiger partial charge in [-0.05, 0) is 50.5 Å². The zero-order chi connectivity index (χ0) is 13.8. The van der Waals surface area contributed by atoms with Crippen LogP contribution >= 0.6 is 11.6 Å². The van der Waals surface area contributed by atoms with Crippen LogP contribution in [0.4, 0.5) is 0 Å². The van der Waals surface area contributed by atoms with Crippen LogP contribution in [-0.4, -0.2) is 10.5 Å². The van der Waals surface area contributed by atoms with Gasteiger partial charge in [0, 0.05) is 34.1 Å². The van der Waals surface area contributed by atoms with E-state index in [1.807, 2.05) is 18.2 Å². The first-order valence-corrected chi connectivity index (χ1v) is 6.91. The van der Waals surface area contributed by atoms with Gasteiger partial charge in [-0.3, -0.25) is 0 Å². The number of unbranched alkanes of at least 4 members (excludes halogenated alkanes) is 2. The minimum atomic E-state index is -0.961. The van der Waals surface area contributed by atoms with E-state index in [-0.39, 0.29) is 6.42 Å². The Labute approximate surface area is 117 Å². The highest BCUT2D eigenvalue weighted by Gasteiger charge is 2.05. The first kappa shape index (κ1) is 13.9. The number of carboxylic acids is 1. The molecule has 2 aromatic rings. The molecule has 0 saturated carbocycles. The van der Waals surface area contributed by atoms with Crippen molar-refractivity contribution in [1.82, 2.24) is 4.57 Å². The summed E-state index contributed by atoms with van der Waals surface area (Å²) in [5.74, 6) is -0.961. The number of halogens is 1. The third-order valence-corrected chi connectivity index (χ3v) is 3.57. The quantitative estimate of drug-likeness (QED) is 0.763. The van der Waals surface area contributed by atoms with Crippen LogP contribution in [0, 0.1) is 6.92 Å². The first-order valence-electron chi connectivity index (χ1n) is 6.53. The molecule has 0 N–H and O–H groups in total. The Balaban J connectivity index is 2.00. The summed E-state index contributed by atoms with van der Waals surface area (Å²) in [7, 11) is 0. The lowest BCUT2D eigenvalue weighted by Crippen LogP contribution is -2.21. The molecule has 0 aliphatic carbocycles. The molecule has 0 amide bonds. The van der Waals surface area contributed by atoms with Gasteiger partial charge in [0.15, 0.2) is 0 Å². The Morgan fingerprint density at radius 1 is 1.26 bits per heavy atom. The van der Waals surface area contributed by atoms with Crippen LogP contribution in [0.15, 0.2) is 24.3 Å². The number of aliphatic carboxylic acids is 1. The van der Waals surface area contributed by atoms with Crippen molar-refractivity contribution >= 4 is 28.5 Å². The second-order valence-corrected chi connectivity index (χ2v) is 5.26. The Hall–Kier alpha value is -1.48. The number of carboxylic acid groups (broad SMARTS) is 1. The van der Waals surface area contributed by atoms with Crippen molar-refractivity contribution in [1.29, 1.82) is 0 Å². The van der Waals surface area contributed by atoms with E-state index in [0.29, 0.717) is 6.42 Å². The molecule has 0 unspecified atom stereocenters. The van der Waals surface area contributed by atoms with Gasteiger partial charge in [-0.25, -0.2) is 0 Å². The van der Waals surface area contributed by atoms with Crippen molar-refractivity contribution in [2.45, 2.75) is 39.2 Å². The minimum absolute atomic E-state index is 0.154. The van der Waals surface area contributed by atoms with E-state index in [2.05, 4.69) is 17.6 Å². The number of carbonyl (C=O) groups is 1. The number of rotatable bonds is 6. The molecular formula is C15H17ClNO2-. The van der Waals surface area contributed by atoms with E-state index in [4.69, 9.17) is 11.6 Å². The van der Waals surface area contributed by atoms with Crippen LogP contribution in [-0.2, 0) is 11.3 Å². The monoisotopic (exact) mass is 278 g/mol. The molecule has 2 rings (SSSR count). The fraction of sp³-hybridized carbons (Fsp3) is 0.400. The van der Waals surface area contributed by atoms with Crippen molar-refractivity contribution in [3.8, 4) is 0 Å². The summed E-state index contributed by atoms with van der Waals surface area (Å²) in [6.45, 7) is 2.99. The fourth-order valence-electron chi connectivity index (χ4n) is 2.39. The van der Waals surface area contributed by atoms with Gasteiger partial charge in [-0.1, -0.05) is 18.0 Å². The molecule has 3 nitrogen and oxygen atoms in total. The number of carbonyl (C=O) groups excluding carboxylic acids is 1. The first-order chi connectivity index (χ1) is 9.08. The number of nitrogens with zero attached hydrogens (tertiary/aromatic N) is 1. The molecule has 1 heterocycles. The van der Waals surface area contributed by atoms with Crippen molar-refractivity contribution in [3.05, 3.63) is 35.0 Å². The highest BCUT2D eigenvalue weighted by Crippen LogP contribution is 2.23. The largest absolute Gasteiger partial charge is 0.550 e. The van der Waals surface area contributed by atoms with E-state index in [9.17, 15) is 9.90 Å². The Morgan fingerprint density at radius 2 is 2.05 bits per heavy atom. The normalized spacial score (nSPS) is 11.1. The standard InChI is InChI=1S/C15H18ClNO2/c1-11-9-12-10-13(16)6-7-14(12)17(11)8-4-2-3-5-15(18)19/h6-7,9-10H,2-5,8H2,1H3,(H,18,19)/p-1. The van der Waals surface area contributed by atoms with E-state index in [0.717, 1.165) is 29.8 Å². The van der Waals surface area contributed by atoms with Crippen molar-refractivity contribution in [2.75, 3.05) is 0 Å². The maximum absolute atomic E-state index is 10.3. The average molecular weight is 279 g/mol. The van der Waals surface area contributed by atoms with Crippen LogP contribution in [0.25, 0.3) is 10.9 Å². The van der Waals surface area contributed by atoms with Crippen molar-refractivity contribution in [2.24, 2.45) is 0 Å². The number of aryl methyl sites for hydroxylation is 2. The summed E-state index contributed by atoms with van der Waals surface area (Å²) in [6.07, 6.45) is 2.72. The van der Waals surface area contributed by atoms with Crippen LogP contribution in [0.5, 0.6) is 0 Å². The molecular weight excluding hydrogens is 262 g/mol. The molecule has 19 heavy (non-hydrogen) atoms. The lowest BCUT2D eigenvalue weighted by Gasteiger charge is -2.08.